The van der Waals surface area contributed by atoms with Crippen LogP contribution < -0.4 is 5.32 Å². The fourth-order valence-corrected chi connectivity index (χ4v) is 1.46. The number of rotatable bonds is 3. The van der Waals surface area contributed by atoms with Gasteiger partial charge in [0, 0.05) is 11.9 Å². The standard InChI is InChI=1S/C13H11FN2O2/c1-8-2-5-12(15-7-8)16-9-3-4-10(13(17)18)11(14)6-9/h2-7H,1H3,(H,15,16)(H,17,18). The van der Waals surface area contributed by atoms with E-state index in [-0.39, 0.29) is 5.56 Å². The molecule has 0 bridgehead atoms. The third-order valence-corrected chi connectivity index (χ3v) is 2.38. The third-order valence-electron chi connectivity index (χ3n) is 2.38. The van der Waals surface area contributed by atoms with Crippen molar-refractivity contribution in [3.8, 4) is 0 Å². The number of halogens is 1. The van der Waals surface area contributed by atoms with Gasteiger partial charge >= 0.3 is 5.97 Å². The number of carboxylic acids is 1. The maximum Gasteiger partial charge on any atom is 0.338 e. The van der Waals surface area contributed by atoms with Gasteiger partial charge in [-0.15, -0.1) is 0 Å². The SMILES string of the molecule is Cc1ccc(Nc2ccc(C(=O)O)c(F)c2)nc1. The first-order chi connectivity index (χ1) is 8.56. The number of nitrogens with zero attached hydrogens (tertiary/aromatic N) is 1. The Hall–Kier alpha value is -2.43. The van der Waals surface area contributed by atoms with Crippen molar-refractivity contribution in [1.29, 1.82) is 0 Å². The molecule has 0 fully saturated rings. The largest absolute Gasteiger partial charge is 0.478 e. The number of aromatic nitrogens is 1. The van der Waals surface area contributed by atoms with E-state index in [9.17, 15) is 9.18 Å². The van der Waals surface area contributed by atoms with Gasteiger partial charge in [0.2, 0.25) is 0 Å². The molecule has 92 valence electrons. The number of nitrogens with one attached hydrogen (secondary N) is 1. The maximum absolute atomic E-state index is 13.4. The van der Waals surface area contributed by atoms with E-state index < -0.39 is 11.8 Å². The number of pyridine rings is 1. The Kier molecular flexibility index (Phi) is 3.23. The molecule has 0 aliphatic heterocycles. The summed E-state index contributed by atoms with van der Waals surface area (Å²) in [5.74, 6) is -1.49. The first-order valence-electron chi connectivity index (χ1n) is 5.29. The lowest BCUT2D eigenvalue weighted by Crippen LogP contribution is -2.01. The highest BCUT2D eigenvalue weighted by molar-refractivity contribution is 5.88. The van der Waals surface area contributed by atoms with Crippen LogP contribution in [0.5, 0.6) is 0 Å². The van der Waals surface area contributed by atoms with Crippen molar-refractivity contribution < 1.29 is 14.3 Å². The van der Waals surface area contributed by atoms with Gasteiger partial charge in [-0.3, -0.25) is 0 Å². The Balaban J connectivity index is 2.22. The van der Waals surface area contributed by atoms with Crippen LogP contribution in [0.3, 0.4) is 0 Å². The zero-order chi connectivity index (χ0) is 13.1. The molecular weight excluding hydrogens is 235 g/mol. The van der Waals surface area contributed by atoms with Crippen molar-refractivity contribution >= 4 is 17.5 Å². The number of anilines is 2. The predicted octanol–water partition coefficient (Wildman–Crippen LogP) is 2.97. The maximum atomic E-state index is 13.4. The molecule has 0 saturated carbocycles. The van der Waals surface area contributed by atoms with Gasteiger partial charge in [0.25, 0.3) is 0 Å². The van der Waals surface area contributed by atoms with Crippen LogP contribution in [-0.2, 0) is 0 Å². The summed E-state index contributed by atoms with van der Waals surface area (Å²) in [4.78, 5) is 14.8. The Labute approximate surface area is 103 Å². The predicted molar refractivity (Wildman–Crippen MR) is 65.6 cm³/mol. The summed E-state index contributed by atoms with van der Waals surface area (Å²) in [6.45, 7) is 1.91. The van der Waals surface area contributed by atoms with Gasteiger partial charge in [0.1, 0.15) is 11.6 Å². The molecule has 5 heteroatoms. The highest BCUT2D eigenvalue weighted by Crippen LogP contribution is 2.18. The minimum Gasteiger partial charge on any atom is -0.478 e. The van der Waals surface area contributed by atoms with Gasteiger partial charge in [-0.2, -0.15) is 0 Å². The molecular formula is C13H11FN2O2. The van der Waals surface area contributed by atoms with Gasteiger partial charge in [-0.05, 0) is 36.8 Å². The van der Waals surface area contributed by atoms with Gasteiger partial charge in [0.05, 0.1) is 5.56 Å². The summed E-state index contributed by atoms with van der Waals surface area (Å²) < 4.78 is 13.4. The van der Waals surface area contributed by atoms with Crippen molar-refractivity contribution in [1.82, 2.24) is 4.98 Å². The van der Waals surface area contributed by atoms with Gasteiger partial charge in [-0.25, -0.2) is 14.2 Å². The molecule has 0 unspecified atom stereocenters. The third kappa shape index (κ3) is 2.63. The molecule has 0 aliphatic rings. The second-order valence-corrected chi connectivity index (χ2v) is 3.85. The average Bonchev–Trinajstić information content (AvgIpc) is 2.32. The van der Waals surface area contributed by atoms with Crippen LogP contribution in [0.4, 0.5) is 15.9 Å². The lowest BCUT2D eigenvalue weighted by atomic mass is 10.2. The van der Waals surface area contributed by atoms with Gasteiger partial charge in [-0.1, -0.05) is 6.07 Å². The molecule has 0 radical (unpaired) electrons. The molecule has 1 heterocycles. The summed E-state index contributed by atoms with van der Waals surface area (Å²) in [6.07, 6.45) is 1.68. The molecule has 1 aromatic heterocycles. The normalized spacial score (nSPS) is 10.1. The number of carbonyl (C=O) groups is 1. The Morgan fingerprint density at radius 2 is 2.11 bits per heavy atom. The van der Waals surface area contributed by atoms with Crippen LogP contribution in [0.1, 0.15) is 15.9 Å². The van der Waals surface area contributed by atoms with E-state index in [1.165, 1.54) is 12.1 Å². The zero-order valence-corrected chi connectivity index (χ0v) is 9.64. The first-order valence-corrected chi connectivity index (χ1v) is 5.29. The summed E-state index contributed by atoms with van der Waals surface area (Å²) in [7, 11) is 0. The highest BCUT2D eigenvalue weighted by atomic mass is 19.1. The molecule has 1 aromatic carbocycles. The van der Waals surface area contributed by atoms with Crippen LogP contribution in [0.25, 0.3) is 0 Å². The summed E-state index contributed by atoms with van der Waals surface area (Å²) in [5, 5.41) is 11.6. The van der Waals surface area contributed by atoms with E-state index in [0.29, 0.717) is 11.5 Å². The molecule has 18 heavy (non-hydrogen) atoms. The molecule has 2 N–H and O–H groups in total. The van der Waals surface area contributed by atoms with E-state index in [1.807, 2.05) is 13.0 Å². The van der Waals surface area contributed by atoms with E-state index in [1.54, 1.807) is 12.3 Å². The quantitative estimate of drug-likeness (QED) is 0.874. The number of carboxylic acid groups (broad SMARTS) is 1. The highest BCUT2D eigenvalue weighted by Gasteiger charge is 2.10. The topological polar surface area (TPSA) is 62.2 Å². The van der Waals surface area contributed by atoms with Crippen molar-refractivity contribution in [2.75, 3.05) is 5.32 Å². The van der Waals surface area contributed by atoms with E-state index in [2.05, 4.69) is 10.3 Å². The van der Waals surface area contributed by atoms with E-state index in [4.69, 9.17) is 5.11 Å². The van der Waals surface area contributed by atoms with Crippen molar-refractivity contribution in [2.45, 2.75) is 6.92 Å². The fourth-order valence-electron chi connectivity index (χ4n) is 1.46. The molecule has 0 atom stereocenters. The minimum absolute atomic E-state index is 0.350. The molecule has 0 saturated heterocycles. The smallest absolute Gasteiger partial charge is 0.338 e. The molecule has 0 amide bonds. The number of hydrogen-bond acceptors (Lipinski definition) is 3. The number of aromatic carboxylic acids is 1. The zero-order valence-electron chi connectivity index (χ0n) is 9.64. The van der Waals surface area contributed by atoms with Crippen LogP contribution in [-0.4, -0.2) is 16.1 Å². The van der Waals surface area contributed by atoms with Crippen LogP contribution in [0, 0.1) is 12.7 Å². The first kappa shape index (κ1) is 12.0. The number of benzene rings is 1. The van der Waals surface area contributed by atoms with Crippen molar-refractivity contribution in [3.63, 3.8) is 0 Å². The number of hydrogen-bond donors (Lipinski definition) is 2. The second kappa shape index (κ2) is 4.83. The van der Waals surface area contributed by atoms with Gasteiger partial charge < -0.3 is 10.4 Å². The summed E-state index contributed by atoms with van der Waals surface area (Å²) in [6, 6.07) is 7.48. The van der Waals surface area contributed by atoms with Crippen LogP contribution >= 0.6 is 0 Å². The lowest BCUT2D eigenvalue weighted by molar-refractivity contribution is 0.0692. The Morgan fingerprint density at radius 3 is 2.67 bits per heavy atom. The van der Waals surface area contributed by atoms with Crippen molar-refractivity contribution in [2.24, 2.45) is 0 Å². The fraction of sp³-hybridized carbons (Fsp3) is 0.0769. The monoisotopic (exact) mass is 246 g/mol. The van der Waals surface area contributed by atoms with E-state index >= 15 is 0 Å². The Morgan fingerprint density at radius 1 is 1.33 bits per heavy atom. The second-order valence-electron chi connectivity index (χ2n) is 3.85. The van der Waals surface area contributed by atoms with Crippen LogP contribution in [0.15, 0.2) is 36.5 Å². The minimum atomic E-state index is -1.28. The van der Waals surface area contributed by atoms with E-state index in [0.717, 1.165) is 11.6 Å². The molecule has 4 nitrogen and oxygen atoms in total. The van der Waals surface area contributed by atoms with Crippen LogP contribution in [0.2, 0.25) is 0 Å². The molecule has 0 spiro atoms. The summed E-state index contributed by atoms with van der Waals surface area (Å²) >= 11 is 0. The molecule has 0 aliphatic carbocycles. The molecule has 2 rings (SSSR count). The number of aryl methyl sites for hydroxylation is 1. The lowest BCUT2D eigenvalue weighted by Gasteiger charge is -2.06. The summed E-state index contributed by atoms with van der Waals surface area (Å²) in [5.41, 5.74) is 1.12. The van der Waals surface area contributed by atoms with Crippen molar-refractivity contribution in [3.05, 3.63) is 53.5 Å². The van der Waals surface area contributed by atoms with Gasteiger partial charge in [0.15, 0.2) is 0 Å². The Bertz CT molecular complexity index is 582. The molecule has 2 aromatic rings. The average molecular weight is 246 g/mol.